The number of guanidine groups is 1. The summed E-state index contributed by atoms with van der Waals surface area (Å²) in [6.07, 6.45) is 3.74. The molecular formula is C25H41N5O2. The molecule has 0 saturated carbocycles. The molecule has 3 unspecified atom stereocenters. The SMILES string of the molecule is CN=C(NCC1CCCN(C)C1c1ccc(OC)cc1)N1CCC(CN2CCOCC2)C1. The lowest BCUT2D eigenvalue weighted by atomic mass is 9.85. The van der Waals surface area contributed by atoms with Crippen LogP contribution in [0, 0.1) is 11.8 Å². The fraction of sp³-hybridized carbons (Fsp3) is 0.720. The molecule has 178 valence electrons. The van der Waals surface area contributed by atoms with Crippen LogP contribution in [-0.4, -0.2) is 101 Å². The van der Waals surface area contributed by atoms with Gasteiger partial charge in [-0.2, -0.15) is 0 Å². The number of benzene rings is 1. The Morgan fingerprint density at radius 2 is 1.91 bits per heavy atom. The first-order valence-electron chi connectivity index (χ1n) is 12.3. The van der Waals surface area contributed by atoms with Gasteiger partial charge in [-0.05, 0) is 62.4 Å². The predicted molar refractivity (Wildman–Crippen MR) is 129 cm³/mol. The highest BCUT2D eigenvalue weighted by Crippen LogP contribution is 2.35. The van der Waals surface area contributed by atoms with E-state index in [9.17, 15) is 0 Å². The first-order chi connectivity index (χ1) is 15.7. The molecule has 1 N–H and O–H groups in total. The lowest BCUT2D eigenvalue weighted by molar-refractivity contribution is 0.0315. The van der Waals surface area contributed by atoms with Gasteiger partial charge in [0.05, 0.1) is 20.3 Å². The minimum atomic E-state index is 0.424. The normalized spacial score (nSPS) is 28.2. The van der Waals surface area contributed by atoms with Crippen LogP contribution in [0.4, 0.5) is 0 Å². The van der Waals surface area contributed by atoms with Gasteiger partial charge in [-0.1, -0.05) is 12.1 Å². The summed E-state index contributed by atoms with van der Waals surface area (Å²) < 4.78 is 10.9. The van der Waals surface area contributed by atoms with Gasteiger partial charge in [0.1, 0.15) is 5.75 Å². The Kier molecular flexibility index (Phi) is 8.27. The van der Waals surface area contributed by atoms with Crippen LogP contribution in [0.25, 0.3) is 0 Å². The number of rotatable bonds is 6. The molecule has 1 aromatic carbocycles. The van der Waals surface area contributed by atoms with Gasteiger partial charge < -0.3 is 19.7 Å². The van der Waals surface area contributed by atoms with E-state index < -0.39 is 0 Å². The Balaban J connectivity index is 1.32. The maximum absolute atomic E-state index is 5.50. The van der Waals surface area contributed by atoms with Gasteiger partial charge in [0, 0.05) is 52.4 Å². The van der Waals surface area contributed by atoms with E-state index in [0.29, 0.717) is 12.0 Å². The Bertz CT molecular complexity index is 734. The summed E-state index contributed by atoms with van der Waals surface area (Å²) in [5.74, 6) is 3.27. The molecule has 0 bridgehead atoms. The molecule has 0 radical (unpaired) electrons. The van der Waals surface area contributed by atoms with Crippen molar-refractivity contribution in [1.82, 2.24) is 20.0 Å². The Hall–Kier alpha value is -1.83. The van der Waals surface area contributed by atoms with Crippen molar-refractivity contribution in [2.45, 2.75) is 25.3 Å². The summed E-state index contributed by atoms with van der Waals surface area (Å²) in [6, 6.07) is 9.04. The second kappa shape index (κ2) is 11.3. The molecule has 3 aliphatic rings. The molecule has 3 atom stereocenters. The van der Waals surface area contributed by atoms with Crippen LogP contribution in [0.2, 0.25) is 0 Å². The second-order valence-electron chi connectivity index (χ2n) is 9.54. The number of nitrogens with zero attached hydrogens (tertiary/aromatic N) is 4. The minimum Gasteiger partial charge on any atom is -0.497 e. The number of nitrogens with one attached hydrogen (secondary N) is 1. The van der Waals surface area contributed by atoms with E-state index in [1.54, 1.807) is 7.11 Å². The van der Waals surface area contributed by atoms with Crippen LogP contribution in [0.3, 0.4) is 0 Å². The Morgan fingerprint density at radius 3 is 2.62 bits per heavy atom. The molecule has 3 heterocycles. The van der Waals surface area contributed by atoms with Crippen molar-refractivity contribution in [3.63, 3.8) is 0 Å². The average Bonchev–Trinajstić information content (AvgIpc) is 3.28. The van der Waals surface area contributed by atoms with Crippen molar-refractivity contribution in [2.75, 3.05) is 80.2 Å². The number of likely N-dealkylation sites (tertiary alicyclic amines) is 2. The highest BCUT2D eigenvalue weighted by molar-refractivity contribution is 5.80. The van der Waals surface area contributed by atoms with E-state index in [1.807, 2.05) is 7.05 Å². The van der Waals surface area contributed by atoms with Crippen molar-refractivity contribution in [3.8, 4) is 5.75 Å². The summed E-state index contributed by atoms with van der Waals surface area (Å²) >= 11 is 0. The van der Waals surface area contributed by atoms with Gasteiger partial charge in [0.2, 0.25) is 0 Å². The predicted octanol–water partition coefficient (Wildman–Crippen LogP) is 2.31. The van der Waals surface area contributed by atoms with Crippen molar-refractivity contribution in [3.05, 3.63) is 29.8 Å². The Morgan fingerprint density at radius 1 is 1.12 bits per heavy atom. The molecule has 3 aliphatic heterocycles. The zero-order valence-corrected chi connectivity index (χ0v) is 20.1. The molecule has 7 nitrogen and oxygen atoms in total. The number of aliphatic imine (C=N–C) groups is 1. The van der Waals surface area contributed by atoms with E-state index in [4.69, 9.17) is 9.47 Å². The number of piperidine rings is 1. The van der Waals surface area contributed by atoms with Crippen LogP contribution in [0.5, 0.6) is 5.75 Å². The Labute approximate surface area is 193 Å². The van der Waals surface area contributed by atoms with Crippen LogP contribution >= 0.6 is 0 Å². The number of hydrogen-bond donors (Lipinski definition) is 1. The smallest absolute Gasteiger partial charge is 0.193 e. The van der Waals surface area contributed by atoms with Crippen molar-refractivity contribution in [2.24, 2.45) is 16.8 Å². The summed E-state index contributed by atoms with van der Waals surface area (Å²) in [5, 5.41) is 3.74. The zero-order valence-electron chi connectivity index (χ0n) is 20.1. The third-order valence-corrected chi connectivity index (χ3v) is 7.40. The van der Waals surface area contributed by atoms with E-state index in [1.165, 1.54) is 31.4 Å². The lowest BCUT2D eigenvalue weighted by Gasteiger charge is -2.40. The maximum Gasteiger partial charge on any atom is 0.193 e. The van der Waals surface area contributed by atoms with Gasteiger partial charge in [0.25, 0.3) is 0 Å². The molecule has 3 saturated heterocycles. The van der Waals surface area contributed by atoms with Crippen molar-refractivity contribution in [1.29, 1.82) is 0 Å². The molecule has 4 rings (SSSR count). The number of morpholine rings is 1. The highest BCUT2D eigenvalue weighted by atomic mass is 16.5. The average molecular weight is 444 g/mol. The molecule has 0 aromatic heterocycles. The summed E-state index contributed by atoms with van der Waals surface area (Å²) in [4.78, 5) is 12.2. The van der Waals surface area contributed by atoms with E-state index in [2.05, 4.69) is 56.3 Å². The molecular weight excluding hydrogens is 402 g/mol. The highest BCUT2D eigenvalue weighted by Gasteiger charge is 2.32. The van der Waals surface area contributed by atoms with Gasteiger partial charge in [-0.25, -0.2) is 0 Å². The second-order valence-corrected chi connectivity index (χ2v) is 9.54. The zero-order chi connectivity index (χ0) is 22.3. The first-order valence-corrected chi connectivity index (χ1v) is 12.3. The van der Waals surface area contributed by atoms with Crippen LogP contribution < -0.4 is 10.1 Å². The molecule has 0 aliphatic carbocycles. The molecule has 7 heteroatoms. The monoisotopic (exact) mass is 443 g/mol. The van der Waals surface area contributed by atoms with Gasteiger partial charge in [0.15, 0.2) is 5.96 Å². The molecule has 0 spiro atoms. The minimum absolute atomic E-state index is 0.424. The molecule has 3 fully saturated rings. The molecule has 0 amide bonds. The van der Waals surface area contributed by atoms with Crippen LogP contribution in [-0.2, 0) is 4.74 Å². The topological polar surface area (TPSA) is 52.6 Å². The number of hydrogen-bond acceptors (Lipinski definition) is 5. The van der Waals surface area contributed by atoms with Crippen LogP contribution in [0.15, 0.2) is 29.3 Å². The van der Waals surface area contributed by atoms with Crippen molar-refractivity contribution < 1.29 is 9.47 Å². The number of methoxy groups -OCH3 is 1. The van der Waals surface area contributed by atoms with Gasteiger partial charge in [-0.3, -0.25) is 14.8 Å². The number of ether oxygens (including phenoxy) is 2. The fourth-order valence-electron chi connectivity index (χ4n) is 5.68. The largest absolute Gasteiger partial charge is 0.497 e. The lowest BCUT2D eigenvalue weighted by Crippen LogP contribution is -2.46. The first kappa shape index (κ1) is 23.3. The van der Waals surface area contributed by atoms with Crippen molar-refractivity contribution >= 4 is 5.96 Å². The fourth-order valence-corrected chi connectivity index (χ4v) is 5.68. The maximum atomic E-state index is 5.50. The summed E-state index contributed by atoms with van der Waals surface area (Å²) in [6.45, 7) is 9.40. The standard InChI is InChI=1S/C25H41N5O2/c1-26-25(30-12-10-20(19-30)18-29-13-15-32-16-14-29)27-17-22-5-4-11-28(2)24(22)21-6-8-23(31-3)9-7-21/h6-9,20,22,24H,4-5,10-19H2,1-3H3,(H,26,27). The third kappa shape index (κ3) is 5.74. The quantitative estimate of drug-likeness (QED) is 0.538. The van der Waals surface area contributed by atoms with Crippen LogP contribution in [0.1, 0.15) is 30.9 Å². The summed E-state index contributed by atoms with van der Waals surface area (Å²) in [7, 11) is 5.90. The van der Waals surface area contributed by atoms with Gasteiger partial charge >= 0.3 is 0 Å². The molecule has 32 heavy (non-hydrogen) atoms. The third-order valence-electron chi connectivity index (χ3n) is 7.40. The van der Waals surface area contributed by atoms with E-state index >= 15 is 0 Å². The summed E-state index contributed by atoms with van der Waals surface area (Å²) in [5.41, 5.74) is 1.38. The van der Waals surface area contributed by atoms with E-state index in [-0.39, 0.29) is 0 Å². The molecule has 1 aromatic rings. The van der Waals surface area contributed by atoms with E-state index in [0.717, 1.165) is 70.1 Å². The van der Waals surface area contributed by atoms with Gasteiger partial charge in [-0.15, -0.1) is 0 Å².